The van der Waals surface area contributed by atoms with Crippen molar-refractivity contribution in [2.24, 2.45) is 0 Å². The lowest BCUT2D eigenvalue weighted by Gasteiger charge is -2.35. The molecule has 4 heteroatoms. The number of amides is 1. The third kappa shape index (κ3) is 2.80. The average Bonchev–Trinajstić information content (AvgIpc) is 2.47. The Labute approximate surface area is 120 Å². The van der Waals surface area contributed by atoms with Gasteiger partial charge in [0.05, 0.1) is 19.3 Å². The highest BCUT2D eigenvalue weighted by Crippen LogP contribution is 2.26. The van der Waals surface area contributed by atoms with E-state index in [0.29, 0.717) is 19.7 Å². The van der Waals surface area contributed by atoms with E-state index in [4.69, 9.17) is 4.74 Å². The van der Waals surface area contributed by atoms with Gasteiger partial charge in [0.2, 0.25) is 5.91 Å². The molecule has 1 fully saturated rings. The Morgan fingerprint density at radius 2 is 2.20 bits per heavy atom. The van der Waals surface area contributed by atoms with Gasteiger partial charge in [-0.25, -0.2) is 0 Å². The zero-order valence-corrected chi connectivity index (χ0v) is 12.0. The predicted octanol–water partition coefficient (Wildman–Crippen LogP) is 1.69. The molecule has 3 rings (SSSR count). The largest absolute Gasteiger partial charge is 0.375 e. The van der Waals surface area contributed by atoms with E-state index in [-0.39, 0.29) is 12.0 Å². The molecular formula is C16H22N2O2. The Morgan fingerprint density at radius 3 is 3.05 bits per heavy atom. The maximum absolute atomic E-state index is 12.5. The van der Waals surface area contributed by atoms with Gasteiger partial charge in [-0.1, -0.05) is 18.2 Å². The highest BCUT2D eigenvalue weighted by Gasteiger charge is 2.25. The number of hydrogen-bond acceptors (Lipinski definition) is 3. The van der Waals surface area contributed by atoms with Crippen molar-refractivity contribution in [1.82, 2.24) is 4.90 Å². The molecule has 20 heavy (non-hydrogen) atoms. The fourth-order valence-corrected chi connectivity index (χ4v) is 3.08. The fourth-order valence-electron chi connectivity index (χ4n) is 3.08. The Morgan fingerprint density at radius 1 is 1.35 bits per heavy atom. The van der Waals surface area contributed by atoms with Crippen molar-refractivity contribution in [2.45, 2.75) is 25.9 Å². The quantitative estimate of drug-likeness (QED) is 0.822. The summed E-state index contributed by atoms with van der Waals surface area (Å²) in [5.41, 5.74) is 2.59. The van der Waals surface area contributed by atoms with Crippen molar-refractivity contribution < 1.29 is 9.53 Å². The van der Waals surface area contributed by atoms with Crippen LogP contribution in [0.25, 0.3) is 0 Å². The molecule has 0 aromatic heterocycles. The Bertz CT molecular complexity index is 489. The average molecular weight is 274 g/mol. The number of ether oxygens (including phenoxy) is 1. The number of benzene rings is 1. The molecular weight excluding hydrogens is 252 g/mol. The Balaban J connectivity index is 1.68. The van der Waals surface area contributed by atoms with E-state index in [1.807, 2.05) is 11.8 Å². The van der Waals surface area contributed by atoms with Crippen LogP contribution < -0.4 is 4.90 Å². The van der Waals surface area contributed by atoms with Crippen LogP contribution >= 0.6 is 0 Å². The summed E-state index contributed by atoms with van der Waals surface area (Å²) >= 11 is 0. The first-order valence-electron chi connectivity index (χ1n) is 7.46. The molecule has 2 aliphatic heterocycles. The van der Waals surface area contributed by atoms with E-state index in [2.05, 4.69) is 29.2 Å². The first-order chi connectivity index (χ1) is 9.74. The molecule has 2 heterocycles. The van der Waals surface area contributed by atoms with Crippen LogP contribution in [0.2, 0.25) is 0 Å². The van der Waals surface area contributed by atoms with Gasteiger partial charge in [-0.2, -0.15) is 0 Å². The smallest absolute Gasteiger partial charge is 0.242 e. The van der Waals surface area contributed by atoms with Gasteiger partial charge in [0.15, 0.2) is 0 Å². The number of aryl methyl sites for hydroxylation is 1. The zero-order valence-electron chi connectivity index (χ0n) is 12.0. The van der Waals surface area contributed by atoms with Crippen molar-refractivity contribution >= 4 is 11.6 Å². The summed E-state index contributed by atoms with van der Waals surface area (Å²) in [6.45, 7) is 5.58. The molecule has 1 saturated heterocycles. The van der Waals surface area contributed by atoms with E-state index >= 15 is 0 Å². The number of rotatable bonds is 2. The number of para-hydroxylation sites is 1. The van der Waals surface area contributed by atoms with Gasteiger partial charge in [-0.15, -0.1) is 0 Å². The summed E-state index contributed by atoms with van der Waals surface area (Å²) in [5, 5.41) is 0. The van der Waals surface area contributed by atoms with Gasteiger partial charge in [-0.3, -0.25) is 4.79 Å². The minimum absolute atomic E-state index is 0.154. The van der Waals surface area contributed by atoms with Gasteiger partial charge in [0.25, 0.3) is 0 Å². The van der Waals surface area contributed by atoms with Crippen LogP contribution in [0.15, 0.2) is 24.3 Å². The van der Waals surface area contributed by atoms with Gasteiger partial charge in [-0.05, 0) is 31.4 Å². The predicted molar refractivity (Wildman–Crippen MR) is 79.0 cm³/mol. The number of carbonyl (C=O) groups is 1. The Hall–Kier alpha value is -1.55. The first kappa shape index (κ1) is 13.4. The van der Waals surface area contributed by atoms with Crippen LogP contribution in [0.3, 0.4) is 0 Å². The lowest BCUT2D eigenvalue weighted by atomic mass is 10.0. The maximum atomic E-state index is 12.5. The van der Waals surface area contributed by atoms with Crippen LogP contribution in [0.4, 0.5) is 5.69 Å². The van der Waals surface area contributed by atoms with Crippen molar-refractivity contribution in [1.29, 1.82) is 0 Å². The number of fused-ring (bicyclic) bond motifs is 1. The molecule has 1 amide bonds. The molecule has 0 bridgehead atoms. The molecule has 0 unspecified atom stereocenters. The normalized spacial score (nSPS) is 22.6. The lowest BCUT2D eigenvalue weighted by molar-refractivity contribution is -0.136. The second-order valence-electron chi connectivity index (χ2n) is 5.67. The highest BCUT2D eigenvalue weighted by molar-refractivity contribution is 5.82. The summed E-state index contributed by atoms with van der Waals surface area (Å²) in [5.74, 6) is 0.219. The molecule has 0 radical (unpaired) electrons. The molecule has 1 aromatic carbocycles. The number of carbonyl (C=O) groups excluding carboxylic acids is 1. The van der Waals surface area contributed by atoms with E-state index < -0.39 is 0 Å². The van der Waals surface area contributed by atoms with E-state index in [9.17, 15) is 4.79 Å². The zero-order chi connectivity index (χ0) is 13.9. The van der Waals surface area contributed by atoms with Crippen molar-refractivity contribution in [3.8, 4) is 0 Å². The summed E-state index contributed by atoms with van der Waals surface area (Å²) in [6, 6.07) is 8.43. The number of nitrogens with zero attached hydrogens (tertiary/aromatic N) is 2. The molecule has 108 valence electrons. The van der Waals surface area contributed by atoms with Gasteiger partial charge in [0, 0.05) is 25.3 Å². The van der Waals surface area contributed by atoms with Crippen molar-refractivity contribution in [3.05, 3.63) is 29.8 Å². The molecule has 4 nitrogen and oxygen atoms in total. The summed E-state index contributed by atoms with van der Waals surface area (Å²) in [4.78, 5) is 16.6. The summed E-state index contributed by atoms with van der Waals surface area (Å²) in [6.07, 6.45) is 2.40. The molecule has 2 aliphatic rings. The standard InChI is InChI=1S/C16H22N2O2/c1-13-11-18(9-10-20-13)16(19)12-17-8-4-6-14-5-2-3-7-15(14)17/h2-3,5,7,13H,4,6,8-12H2,1H3/t13-/m0/s1. The Kier molecular flexibility index (Phi) is 3.92. The fraction of sp³-hybridized carbons (Fsp3) is 0.562. The molecule has 0 N–H and O–H groups in total. The van der Waals surface area contributed by atoms with Crippen molar-refractivity contribution in [2.75, 3.05) is 37.7 Å². The number of anilines is 1. The topological polar surface area (TPSA) is 32.8 Å². The van der Waals surface area contributed by atoms with Crippen LogP contribution in [-0.2, 0) is 16.0 Å². The van der Waals surface area contributed by atoms with Crippen LogP contribution in [0.5, 0.6) is 0 Å². The molecule has 1 aromatic rings. The SMILES string of the molecule is C[C@H]1CN(C(=O)CN2CCCc3ccccc32)CCO1. The second kappa shape index (κ2) is 5.83. The molecule has 0 aliphatic carbocycles. The van der Waals surface area contributed by atoms with E-state index in [1.54, 1.807) is 0 Å². The van der Waals surface area contributed by atoms with E-state index in [1.165, 1.54) is 11.3 Å². The minimum Gasteiger partial charge on any atom is -0.375 e. The highest BCUT2D eigenvalue weighted by atomic mass is 16.5. The van der Waals surface area contributed by atoms with Crippen LogP contribution in [0.1, 0.15) is 18.9 Å². The van der Waals surface area contributed by atoms with Gasteiger partial charge < -0.3 is 14.5 Å². The van der Waals surface area contributed by atoms with Crippen LogP contribution in [0, 0.1) is 0 Å². The van der Waals surface area contributed by atoms with Gasteiger partial charge in [0.1, 0.15) is 0 Å². The lowest BCUT2D eigenvalue weighted by Crippen LogP contribution is -2.49. The third-order valence-electron chi connectivity index (χ3n) is 4.13. The molecule has 1 atom stereocenters. The maximum Gasteiger partial charge on any atom is 0.242 e. The van der Waals surface area contributed by atoms with Crippen molar-refractivity contribution in [3.63, 3.8) is 0 Å². The molecule has 0 saturated carbocycles. The van der Waals surface area contributed by atoms with Crippen LogP contribution in [-0.4, -0.2) is 49.7 Å². The van der Waals surface area contributed by atoms with E-state index in [0.717, 1.165) is 25.9 Å². The van der Waals surface area contributed by atoms with Gasteiger partial charge >= 0.3 is 0 Å². The monoisotopic (exact) mass is 274 g/mol. The summed E-state index contributed by atoms with van der Waals surface area (Å²) < 4.78 is 5.50. The summed E-state index contributed by atoms with van der Waals surface area (Å²) in [7, 11) is 0. The first-order valence-corrected chi connectivity index (χ1v) is 7.46. The number of morpholine rings is 1. The molecule has 0 spiro atoms. The third-order valence-corrected chi connectivity index (χ3v) is 4.13. The second-order valence-corrected chi connectivity index (χ2v) is 5.67. The minimum atomic E-state index is 0.154. The number of hydrogen-bond donors (Lipinski definition) is 0.